The van der Waals surface area contributed by atoms with Crippen molar-refractivity contribution in [3.8, 4) is 0 Å². The third-order valence-electron chi connectivity index (χ3n) is 3.27. The van der Waals surface area contributed by atoms with E-state index in [9.17, 15) is 4.79 Å². The zero-order valence-electron chi connectivity index (χ0n) is 9.02. The van der Waals surface area contributed by atoms with Gasteiger partial charge in [0.15, 0.2) is 6.29 Å². The quantitative estimate of drug-likeness (QED) is 0.737. The second-order valence-corrected chi connectivity index (χ2v) is 5.19. The first-order chi connectivity index (χ1) is 7.90. The molecule has 1 fully saturated rings. The monoisotopic (exact) mass is 238 g/mol. The second kappa shape index (κ2) is 4.22. The Hall–Kier alpha value is -0.810. The Morgan fingerprint density at radius 1 is 1.38 bits per heavy atom. The number of rotatable bonds is 2. The van der Waals surface area contributed by atoms with Crippen LogP contribution < -0.4 is 0 Å². The predicted molar refractivity (Wildman–Crippen MR) is 61.7 cm³/mol. The number of carbonyl (C=O) groups excluding carboxylic acids is 1. The van der Waals surface area contributed by atoms with Gasteiger partial charge in [0.1, 0.15) is 5.69 Å². The number of thioether (sulfide) groups is 1. The zero-order valence-corrected chi connectivity index (χ0v) is 9.83. The van der Waals surface area contributed by atoms with Crippen molar-refractivity contribution in [3.63, 3.8) is 0 Å². The Bertz CT molecular complexity index is 410. The third kappa shape index (κ3) is 1.58. The lowest BCUT2D eigenvalue weighted by Crippen LogP contribution is -2.22. The molecule has 3 rings (SSSR count). The first-order valence-corrected chi connectivity index (χ1v) is 6.76. The topological polar surface area (TPSA) is 44.1 Å². The van der Waals surface area contributed by atoms with Crippen LogP contribution in [0.25, 0.3) is 0 Å². The number of fused-ring (bicyclic) bond motifs is 1. The van der Waals surface area contributed by atoms with Crippen molar-refractivity contribution in [2.24, 2.45) is 0 Å². The smallest absolute Gasteiger partial charge is 0.168 e. The summed E-state index contributed by atoms with van der Waals surface area (Å²) in [6.45, 7) is 1.56. The van der Waals surface area contributed by atoms with Gasteiger partial charge in [-0.15, -0.1) is 0 Å². The average Bonchev–Trinajstić information content (AvgIpc) is 2.89. The molecular formula is C11H14N2O2S. The van der Waals surface area contributed by atoms with Crippen LogP contribution in [0.1, 0.15) is 40.6 Å². The minimum Gasteiger partial charge on any atom is -0.381 e. The van der Waals surface area contributed by atoms with Gasteiger partial charge in [-0.3, -0.25) is 9.48 Å². The van der Waals surface area contributed by atoms with Crippen molar-refractivity contribution in [1.82, 2.24) is 9.78 Å². The standard InChI is InChI=1S/C11H14N2O2S/c14-5-11-9-6-16-7-10(9)12-13(11)8-1-3-15-4-2-8/h5,8H,1-4,6-7H2. The SMILES string of the molecule is O=Cc1c2c(nn1C1CCOCC1)CSC2. The number of carbonyl (C=O) groups is 1. The Labute approximate surface area is 98.3 Å². The van der Waals surface area contributed by atoms with Crippen LogP contribution in [0.4, 0.5) is 0 Å². The Balaban J connectivity index is 1.96. The molecule has 0 unspecified atom stereocenters. The molecule has 0 spiro atoms. The normalized spacial score (nSPS) is 21.0. The molecule has 0 atom stereocenters. The highest BCUT2D eigenvalue weighted by Gasteiger charge is 2.26. The molecule has 3 heterocycles. The van der Waals surface area contributed by atoms with E-state index < -0.39 is 0 Å². The zero-order chi connectivity index (χ0) is 11.0. The summed E-state index contributed by atoms with van der Waals surface area (Å²) in [5.74, 6) is 1.89. The van der Waals surface area contributed by atoms with E-state index in [4.69, 9.17) is 4.74 Å². The summed E-state index contributed by atoms with van der Waals surface area (Å²) in [6.07, 6.45) is 2.90. The van der Waals surface area contributed by atoms with Gasteiger partial charge in [-0.2, -0.15) is 16.9 Å². The van der Waals surface area contributed by atoms with E-state index in [1.54, 1.807) is 0 Å². The van der Waals surface area contributed by atoms with Crippen molar-refractivity contribution in [1.29, 1.82) is 0 Å². The van der Waals surface area contributed by atoms with Crippen LogP contribution in [0, 0.1) is 0 Å². The van der Waals surface area contributed by atoms with Crippen molar-refractivity contribution in [2.45, 2.75) is 30.4 Å². The molecule has 2 aliphatic rings. The predicted octanol–water partition coefficient (Wildman–Crippen LogP) is 1.79. The first kappa shape index (κ1) is 10.4. The molecule has 4 nitrogen and oxygen atoms in total. The molecule has 0 radical (unpaired) electrons. The Morgan fingerprint density at radius 3 is 2.94 bits per heavy atom. The molecular weight excluding hydrogens is 224 g/mol. The summed E-state index contributed by atoms with van der Waals surface area (Å²) in [5, 5.41) is 4.59. The number of aromatic nitrogens is 2. The molecule has 0 N–H and O–H groups in total. The number of nitrogens with zero attached hydrogens (tertiary/aromatic N) is 2. The maximum atomic E-state index is 11.2. The highest BCUT2D eigenvalue weighted by Crippen LogP contribution is 2.33. The van der Waals surface area contributed by atoms with Gasteiger partial charge in [-0.05, 0) is 12.8 Å². The molecule has 1 aromatic rings. The van der Waals surface area contributed by atoms with Gasteiger partial charge >= 0.3 is 0 Å². The number of ether oxygens (including phenoxy) is 1. The van der Waals surface area contributed by atoms with E-state index >= 15 is 0 Å². The van der Waals surface area contributed by atoms with Gasteiger partial charge in [0, 0.05) is 30.3 Å². The molecule has 1 saturated heterocycles. The summed E-state index contributed by atoms with van der Waals surface area (Å²) in [6, 6.07) is 0.351. The van der Waals surface area contributed by atoms with Crippen LogP contribution in [0.15, 0.2) is 0 Å². The van der Waals surface area contributed by atoms with E-state index in [1.807, 2.05) is 16.4 Å². The molecule has 0 amide bonds. The maximum absolute atomic E-state index is 11.2. The van der Waals surface area contributed by atoms with E-state index in [2.05, 4.69) is 5.10 Å². The molecule has 86 valence electrons. The van der Waals surface area contributed by atoms with Crippen LogP contribution in [-0.4, -0.2) is 29.3 Å². The highest BCUT2D eigenvalue weighted by molar-refractivity contribution is 7.98. The van der Waals surface area contributed by atoms with E-state index in [1.165, 1.54) is 0 Å². The Kier molecular flexibility index (Phi) is 2.73. The second-order valence-electron chi connectivity index (χ2n) is 4.21. The lowest BCUT2D eigenvalue weighted by molar-refractivity contribution is 0.0650. The Morgan fingerprint density at radius 2 is 2.19 bits per heavy atom. The number of hydrogen-bond acceptors (Lipinski definition) is 4. The van der Waals surface area contributed by atoms with Crippen LogP contribution >= 0.6 is 11.8 Å². The fourth-order valence-corrected chi connectivity index (χ4v) is 3.43. The summed E-state index contributed by atoms with van der Waals surface area (Å²) >= 11 is 1.84. The summed E-state index contributed by atoms with van der Waals surface area (Å²) in [4.78, 5) is 11.2. The fraction of sp³-hybridized carbons (Fsp3) is 0.636. The van der Waals surface area contributed by atoms with Gasteiger partial charge in [0.2, 0.25) is 0 Å². The molecule has 16 heavy (non-hydrogen) atoms. The van der Waals surface area contributed by atoms with Crippen LogP contribution in [0.3, 0.4) is 0 Å². The molecule has 0 aromatic carbocycles. The van der Waals surface area contributed by atoms with Crippen LogP contribution in [-0.2, 0) is 16.2 Å². The largest absolute Gasteiger partial charge is 0.381 e. The summed E-state index contributed by atoms with van der Waals surface area (Å²) in [7, 11) is 0. The minimum absolute atomic E-state index is 0.351. The van der Waals surface area contributed by atoms with Crippen molar-refractivity contribution in [2.75, 3.05) is 13.2 Å². The van der Waals surface area contributed by atoms with Gasteiger partial charge in [-0.25, -0.2) is 0 Å². The number of aldehydes is 1. The lowest BCUT2D eigenvalue weighted by Gasteiger charge is -2.23. The fourth-order valence-electron chi connectivity index (χ4n) is 2.39. The van der Waals surface area contributed by atoms with Gasteiger partial charge in [0.05, 0.1) is 11.7 Å². The molecule has 2 aliphatic heterocycles. The van der Waals surface area contributed by atoms with Crippen molar-refractivity contribution in [3.05, 3.63) is 17.0 Å². The van der Waals surface area contributed by atoms with Gasteiger partial charge < -0.3 is 4.74 Å². The van der Waals surface area contributed by atoms with E-state index in [0.717, 1.165) is 60.8 Å². The van der Waals surface area contributed by atoms with E-state index in [0.29, 0.717) is 6.04 Å². The number of hydrogen-bond donors (Lipinski definition) is 0. The minimum atomic E-state index is 0.351. The highest BCUT2D eigenvalue weighted by atomic mass is 32.2. The average molecular weight is 238 g/mol. The maximum Gasteiger partial charge on any atom is 0.168 e. The van der Waals surface area contributed by atoms with Crippen LogP contribution in [0.5, 0.6) is 0 Å². The van der Waals surface area contributed by atoms with Crippen LogP contribution in [0.2, 0.25) is 0 Å². The lowest BCUT2D eigenvalue weighted by atomic mass is 10.1. The molecule has 0 bridgehead atoms. The molecule has 5 heteroatoms. The van der Waals surface area contributed by atoms with E-state index in [-0.39, 0.29) is 0 Å². The van der Waals surface area contributed by atoms with Crippen molar-refractivity contribution >= 4 is 18.0 Å². The molecule has 0 saturated carbocycles. The molecule has 1 aromatic heterocycles. The summed E-state index contributed by atoms with van der Waals surface area (Å²) < 4.78 is 7.28. The molecule has 0 aliphatic carbocycles. The first-order valence-electron chi connectivity index (χ1n) is 5.61. The third-order valence-corrected chi connectivity index (χ3v) is 4.24. The van der Waals surface area contributed by atoms with Gasteiger partial charge in [-0.1, -0.05) is 0 Å². The van der Waals surface area contributed by atoms with Crippen molar-refractivity contribution < 1.29 is 9.53 Å². The van der Waals surface area contributed by atoms with Gasteiger partial charge in [0.25, 0.3) is 0 Å². The summed E-state index contributed by atoms with van der Waals surface area (Å²) in [5.41, 5.74) is 3.07.